The van der Waals surface area contributed by atoms with Crippen molar-refractivity contribution in [1.29, 1.82) is 0 Å². The lowest BCUT2D eigenvalue weighted by Gasteiger charge is -2.18. The fraction of sp³-hybridized carbons (Fsp3) is 0.825. The number of allylic oxidation sites excluding steroid dienone is 8. The molecule has 0 rings (SSSR count). The molecule has 0 spiro atoms. The summed E-state index contributed by atoms with van der Waals surface area (Å²) in [7, 11) is 0. The minimum Gasteiger partial charge on any atom is -0.462 e. The summed E-state index contributed by atoms with van der Waals surface area (Å²) in [6.07, 6.45) is 65.5. The van der Waals surface area contributed by atoms with Crippen LogP contribution in [-0.4, -0.2) is 37.9 Å². The van der Waals surface area contributed by atoms with Crippen molar-refractivity contribution in [3.8, 4) is 0 Å². The van der Waals surface area contributed by atoms with Crippen molar-refractivity contribution in [2.45, 2.75) is 284 Å². The van der Waals surface area contributed by atoms with Gasteiger partial charge in [-0.25, -0.2) is 0 Å². The number of hydrogen-bond donors (Lipinski definition) is 0. The highest BCUT2D eigenvalue weighted by atomic mass is 16.6. The lowest BCUT2D eigenvalue weighted by atomic mass is 10.0. The van der Waals surface area contributed by atoms with Crippen molar-refractivity contribution in [1.82, 2.24) is 0 Å². The van der Waals surface area contributed by atoms with E-state index in [1.807, 2.05) is 0 Å². The van der Waals surface area contributed by atoms with Crippen LogP contribution in [0.2, 0.25) is 0 Å². The number of carbonyl (C=O) groups excluding carboxylic acids is 2. The predicted molar refractivity (Wildman–Crippen MR) is 270 cm³/mol. The Labute approximate surface area is 386 Å². The van der Waals surface area contributed by atoms with Gasteiger partial charge in [0.15, 0.2) is 6.10 Å². The zero-order valence-electron chi connectivity index (χ0n) is 41.6. The van der Waals surface area contributed by atoms with Crippen LogP contribution in [0.3, 0.4) is 0 Å². The fourth-order valence-corrected chi connectivity index (χ4v) is 7.81. The summed E-state index contributed by atoms with van der Waals surface area (Å²) >= 11 is 0. The smallest absolute Gasteiger partial charge is 0.306 e. The minimum absolute atomic E-state index is 0.0779. The molecule has 62 heavy (non-hydrogen) atoms. The average molecular weight is 869 g/mol. The van der Waals surface area contributed by atoms with Crippen molar-refractivity contribution in [2.75, 3.05) is 19.8 Å². The molecule has 362 valence electrons. The minimum atomic E-state index is -0.542. The molecule has 0 aromatic heterocycles. The van der Waals surface area contributed by atoms with E-state index >= 15 is 0 Å². The van der Waals surface area contributed by atoms with Crippen molar-refractivity contribution in [3.05, 3.63) is 48.6 Å². The van der Waals surface area contributed by atoms with Crippen LogP contribution in [0.15, 0.2) is 48.6 Å². The molecule has 5 nitrogen and oxygen atoms in total. The number of esters is 2. The van der Waals surface area contributed by atoms with Crippen LogP contribution in [0.4, 0.5) is 0 Å². The van der Waals surface area contributed by atoms with Crippen LogP contribution in [0, 0.1) is 0 Å². The van der Waals surface area contributed by atoms with Gasteiger partial charge in [-0.05, 0) is 77.0 Å². The Kier molecular flexibility index (Phi) is 51.4. The van der Waals surface area contributed by atoms with Gasteiger partial charge in [0.25, 0.3) is 0 Å². The molecule has 0 fully saturated rings. The van der Waals surface area contributed by atoms with Crippen LogP contribution < -0.4 is 0 Å². The molecule has 0 heterocycles. The van der Waals surface area contributed by atoms with Crippen LogP contribution in [0.25, 0.3) is 0 Å². The van der Waals surface area contributed by atoms with Gasteiger partial charge in [-0.2, -0.15) is 0 Å². The molecule has 5 heteroatoms. The third-order valence-corrected chi connectivity index (χ3v) is 11.8. The van der Waals surface area contributed by atoms with Gasteiger partial charge in [0.05, 0.1) is 6.61 Å². The average Bonchev–Trinajstić information content (AvgIpc) is 3.27. The Bertz CT molecular complexity index is 1030. The summed E-state index contributed by atoms with van der Waals surface area (Å²) in [5.74, 6) is -0.409. The second kappa shape index (κ2) is 53.2. The topological polar surface area (TPSA) is 61.8 Å². The van der Waals surface area contributed by atoms with E-state index in [0.717, 1.165) is 70.6 Å². The molecule has 0 bridgehead atoms. The molecule has 0 aliphatic heterocycles. The lowest BCUT2D eigenvalue weighted by molar-refractivity contribution is -0.163. The predicted octanol–water partition coefficient (Wildman–Crippen LogP) is 18.3. The Balaban J connectivity index is 4.27. The van der Waals surface area contributed by atoms with Crippen molar-refractivity contribution in [3.63, 3.8) is 0 Å². The van der Waals surface area contributed by atoms with Gasteiger partial charge >= 0.3 is 11.9 Å². The molecule has 0 saturated heterocycles. The first kappa shape index (κ1) is 59.9. The second-order valence-electron chi connectivity index (χ2n) is 18.1. The zero-order valence-corrected chi connectivity index (χ0v) is 41.6. The van der Waals surface area contributed by atoms with Crippen molar-refractivity contribution < 1.29 is 23.8 Å². The van der Waals surface area contributed by atoms with Crippen LogP contribution in [0.1, 0.15) is 278 Å². The third kappa shape index (κ3) is 50.5. The van der Waals surface area contributed by atoms with Crippen molar-refractivity contribution >= 4 is 11.9 Å². The summed E-state index contributed by atoms with van der Waals surface area (Å²) in [6.45, 7) is 7.73. The van der Waals surface area contributed by atoms with Crippen LogP contribution >= 0.6 is 0 Å². The van der Waals surface area contributed by atoms with E-state index in [1.54, 1.807) is 0 Å². The Hall–Kier alpha value is -2.14. The highest BCUT2D eigenvalue weighted by Gasteiger charge is 2.17. The van der Waals surface area contributed by atoms with E-state index in [-0.39, 0.29) is 25.2 Å². The maximum atomic E-state index is 12.8. The fourth-order valence-electron chi connectivity index (χ4n) is 7.81. The monoisotopic (exact) mass is 869 g/mol. The molecule has 0 N–H and O–H groups in total. The first-order valence-electron chi connectivity index (χ1n) is 27.2. The van der Waals surface area contributed by atoms with Gasteiger partial charge in [0.1, 0.15) is 6.61 Å². The molecule has 0 saturated carbocycles. The highest BCUT2D eigenvalue weighted by Crippen LogP contribution is 2.15. The molecule has 0 unspecified atom stereocenters. The highest BCUT2D eigenvalue weighted by molar-refractivity contribution is 5.70. The quantitative estimate of drug-likeness (QED) is 0.0346. The zero-order chi connectivity index (χ0) is 44.9. The summed E-state index contributed by atoms with van der Waals surface area (Å²) in [5.41, 5.74) is 0. The van der Waals surface area contributed by atoms with Gasteiger partial charge in [-0.15, -0.1) is 0 Å². The third-order valence-electron chi connectivity index (χ3n) is 11.8. The van der Waals surface area contributed by atoms with E-state index < -0.39 is 6.10 Å². The molecular formula is C57H104O5. The van der Waals surface area contributed by atoms with Gasteiger partial charge in [-0.3, -0.25) is 9.59 Å². The summed E-state index contributed by atoms with van der Waals surface area (Å²) < 4.78 is 17.4. The van der Waals surface area contributed by atoms with E-state index in [1.165, 1.54) is 173 Å². The molecule has 0 aromatic carbocycles. The molecule has 0 aliphatic rings. The number of carbonyl (C=O) groups is 2. The summed E-state index contributed by atoms with van der Waals surface area (Å²) in [6, 6.07) is 0. The molecule has 0 aliphatic carbocycles. The van der Waals surface area contributed by atoms with E-state index in [2.05, 4.69) is 69.4 Å². The first-order valence-corrected chi connectivity index (χ1v) is 27.2. The lowest BCUT2D eigenvalue weighted by Crippen LogP contribution is -2.30. The Morgan fingerprint density at radius 2 is 0.726 bits per heavy atom. The summed E-state index contributed by atoms with van der Waals surface area (Å²) in [5, 5.41) is 0. The van der Waals surface area contributed by atoms with Crippen molar-refractivity contribution in [2.24, 2.45) is 0 Å². The van der Waals surface area contributed by atoms with Gasteiger partial charge in [-0.1, -0.05) is 236 Å². The van der Waals surface area contributed by atoms with Gasteiger partial charge < -0.3 is 14.2 Å². The van der Waals surface area contributed by atoms with E-state index in [4.69, 9.17) is 14.2 Å². The largest absolute Gasteiger partial charge is 0.462 e. The van der Waals surface area contributed by atoms with E-state index in [0.29, 0.717) is 19.4 Å². The Morgan fingerprint density at radius 1 is 0.371 bits per heavy atom. The molecule has 0 amide bonds. The number of rotatable bonds is 50. The van der Waals surface area contributed by atoms with Gasteiger partial charge in [0, 0.05) is 19.4 Å². The van der Waals surface area contributed by atoms with Crippen LogP contribution in [0.5, 0.6) is 0 Å². The second-order valence-corrected chi connectivity index (χ2v) is 18.1. The first-order chi connectivity index (χ1) is 30.6. The normalized spacial score (nSPS) is 12.5. The van der Waals surface area contributed by atoms with E-state index in [9.17, 15) is 9.59 Å². The SMILES string of the molecule is CC/C=C\C/C=C\C/C=C\CCCCCCCC(=O)OC[C@@H](COCCCCCCCCCCCCCCCCCC)OC(=O)CCCCCCCCC/C=C\CCCCCC. The molecule has 0 radical (unpaired) electrons. The Morgan fingerprint density at radius 3 is 1.19 bits per heavy atom. The molecule has 1 atom stereocenters. The maximum Gasteiger partial charge on any atom is 0.306 e. The number of hydrogen-bond acceptors (Lipinski definition) is 5. The summed E-state index contributed by atoms with van der Waals surface area (Å²) in [4.78, 5) is 25.4. The molecular weight excluding hydrogens is 765 g/mol. The molecule has 0 aromatic rings. The number of unbranched alkanes of at least 4 members (excludes halogenated alkanes) is 31. The van der Waals surface area contributed by atoms with Crippen LogP contribution in [-0.2, 0) is 23.8 Å². The maximum absolute atomic E-state index is 12.8. The van der Waals surface area contributed by atoms with Gasteiger partial charge in [0.2, 0.25) is 0 Å². The standard InChI is InChI=1S/C57H104O5/c1-4-7-10-13-16-19-22-25-28-31-34-37-40-43-46-49-52-60-53-55(62-57(59)51-48-45-42-39-36-33-30-27-24-21-18-15-12-9-6-3)54-61-56(58)50-47-44-41-38-35-32-29-26-23-20-17-14-11-8-5-2/h8,11,17,20-21,24,26,29,55H,4-7,9-10,12-16,18-19,22-23,25,27-28,30-54H2,1-3H3/b11-8-,20-17-,24-21-,29-26-/t55-/m1/s1. The number of ether oxygens (including phenoxy) is 3.